The molecule has 130 valence electrons. The maximum absolute atomic E-state index is 11.8. The number of H-pyrrole nitrogens is 1. The van der Waals surface area contributed by atoms with Gasteiger partial charge in [-0.05, 0) is 12.8 Å². The number of hydrogen-bond acceptors (Lipinski definition) is 6. The second-order valence-corrected chi connectivity index (χ2v) is 6.24. The largest absolute Gasteiger partial charge is 0.384 e. The van der Waals surface area contributed by atoms with Crippen LogP contribution in [0.1, 0.15) is 24.5 Å². The van der Waals surface area contributed by atoms with Crippen molar-refractivity contribution in [1.29, 1.82) is 0 Å². The van der Waals surface area contributed by atoms with Gasteiger partial charge >= 0.3 is 0 Å². The number of nitrogens with zero attached hydrogens (tertiary/aromatic N) is 4. The van der Waals surface area contributed by atoms with Crippen LogP contribution in [0.3, 0.4) is 0 Å². The van der Waals surface area contributed by atoms with Gasteiger partial charge in [-0.2, -0.15) is 14.7 Å². The molecule has 25 heavy (non-hydrogen) atoms. The van der Waals surface area contributed by atoms with E-state index in [1.165, 1.54) is 0 Å². The molecule has 1 aliphatic heterocycles. The number of rotatable bonds is 3. The highest BCUT2D eigenvalue weighted by Crippen LogP contribution is 2.29. The Labute approximate surface area is 144 Å². The molecule has 3 aromatic heterocycles. The van der Waals surface area contributed by atoms with E-state index in [0.29, 0.717) is 18.0 Å². The Morgan fingerprint density at radius 1 is 1.40 bits per heavy atom. The fourth-order valence-electron chi connectivity index (χ4n) is 3.32. The molecule has 0 spiro atoms. The number of amides is 1. The highest BCUT2D eigenvalue weighted by atomic mass is 16.2. The number of nitrogens with two attached hydrogens (primary N) is 1. The first-order valence-corrected chi connectivity index (χ1v) is 8.25. The number of piperidine rings is 1. The van der Waals surface area contributed by atoms with Gasteiger partial charge in [0, 0.05) is 42.9 Å². The molecule has 3 aromatic rings. The van der Waals surface area contributed by atoms with Crippen molar-refractivity contribution in [2.45, 2.75) is 24.8 Å². The molecule has 1 fully saturated rings. The van der Waals surface area contributed by atoms with Crippen LogP contribution in [-0.4, -0.2) is 50.3 Å². The van der Waals surface area contributed by atoms with E-state index < -0.39 is 0 Å². The van der Waals surface area contributed by atoms with Crippen molar-refractivity contribution < 1.29 is 4.79 Å². The normalized spacial score (nSPS) is 20.7. The Morgan fingerprint density at radius 2 is 2.28 bits per heavy atom. The molecule has 5 N–H and O–H groups in total. The molecule has 1 saturated heterocycles. The molecule has 0 unspecified atom stereocenters. The van der Waals surface area contributed by atoms with E-state index in [2.05, 4.69) is 25.9 Å². The third kappa shape index (κ3) is 2.72. The Balaban J connectivity index is 1.65. The summed E-state index contributed by atoms with van der Waals surface area (Å²) in [6.45, 7) is 0.690. The zero-order valence-electron chi connectivity index (χ0n) is 13.9. The van der Waals surface area contributed by atoms with E-state index in [1.807, 2.05) is 6.07 Å². The summed E-state index contributed by atoms with van der Waals surface area (Å²) >= 11 is 0. The molecule has 0 bridgehead atoms. The number of carbonyl (C=O) groups excluding carboxylic acids is 1. The van der Waals surface area contributed by atoms with Crippen LogP contribution in [0, 0.1) is 0 Å². The molecular weight excluding hydrogens is 320 g/mol. The van der Waals surface area contributed by atoms with Crippen molar-refractivity contribution in [2.24, 2.45) is 0 Å². The third-order valence-corrected chi connectivity index (χ3v) is 4.72. The molecule has 0 saturated carbocycles. The summed E-state index contributed by atoms with van der Waals surface area (Å²) in [7, 11) is 1.66. The first-order valence-electron chi connectivity index (χ1n) is 8.25. The van der Waals surface area contributed by atoms with Crippen molar-refractivity contribution in [3.63, 3.8) is 0 Å². The van der Waals surface area contributed by atoms with E-state index in [-0.39, 0.29) is 17.9 Å². The van der Waals surface area contributed by atoms with Crippen LogP contribution in [0.5, 0.6) is 0 Å². The van der Waals surface area contributed by atoms with Gasteiger partial charge in [0.15, 0.2) is 5.65 Å². The molecule has 0 aromatic carbocycles. The van der Waals surface area contributed by atoms with Crippen molar-refractivity contribution in [3.05, 3.63) is 30.4 Å². The van der Waals surface area contributed by atoms with Gasteiger partial charge in [-0.25, -0.2) is 4.98 Å². The van der Waals surface area contributed by atoms with E-state index in [0.717, 1.165) is 29.7 Å². The quantitative estimate of drug-likeness (QED) is 0.543. The van der Waals surface area contributed by atoms with Crippen molar-refractivity contribution in [2.75, 3.05) is 19.3 Å². The average molecular weight is 340 g/mol. The maximum Gasteiger partial charge on any atom is 0.236 e. The number of hydrogen-bond donors (Lipinski definition) is 4. The molecule has 9 heteroatoms. The highest BCUT2D eigenvalue weighted by Gasteiger charge is 2.27. The second kappa shape index (κ2) is 6.17. The van der Waals surface area contributed by atoms with Crippen LogP contribution in [0.2, 0.25) is 0 Å². The summed E-state index contributed by atoms with van der Waals surface area (Å²) in [6, 6.07) is 1.73. The van der Waals surface area contributed by atoms with E-state index in [1.54, 1.807) is 30.2 Å². The number of likely N-dealkylation sites (N-methyl/N-ethyl adjacent to an activating group) is 1. The lowest BCUT2D eigenvalue weighted by Crippen LogP contribution is -2.47. The van der Waals surface area contributed by atoms with Gasteiger partial charge < -0.3 is 16.4 Å². The number of aromatic amines is 1. The van der Waals surface area contributed by atoms with Crippen LogP contribution >= 0.6 is 0 Å². The summed E-state index contributed by atoms with van der Waals surface area (Å²) in [5.74, 6) is 0.780. The number of aromatic nitrogens is 5. The summed E-state index contributed by atoms with van der Waals surface area (Å²) in [6.07, 6.45) is 6.93. The van der Waals surface area contributed by atoms with Gasteiger partial charge in [-0.3, -0.25) is 9.89 Å². The molecule has 1 amide bonds. The number of carbonyl (C=O) groups is 1. The van der Waals surface area contributed by atoms with Gasteiger partial charge in [0.25, 0.3) is 0 Å². The minimum atomic E-state index is -0.140. The number of fused-ring (bicyclic) bond motifs is 1. The molecule has 4 rings (SSSR count). The minimum Gasteiger partial charge on any atom is -0.384 e. The van der Waals surface area contributed by atoms with Gasteiger partial charge in [0.1, 0.15) is 5.82 Å². The molecule has 1 aliphatic rings. The standard InChI is InChI=1S/C16H20N8O/c1-18-16(25)12-3-2-9(5-19-12)13-4-14(17)24-15(23-13)11(8-22-24)10-6-20-21-7-10/h4,6-9,12,19H,2-3,5,17H2,1H3,(H,18,25)(H,20,21)/t9-,12-/m0/s1. The van der Waals surface area contributed by atoms with Crippen molar-refractivity contribution >= 4 is 17.4 Å². The fourth-order valence-corrected chi connectivity index (χ4v) is 3.32. The molecule has 2 atom stereocenters. The Bertz CT molecular complexity index is 892. The van der Waals surface area contributed by atoms with E-state index in [4.69, 9.17) is 10.7 Å². The number of nitrogens with one attached hydrogen (secondary N) is 3. The fraction of sp³-hybridized carbons (Fsp3) is 0.375. The monoisotopic (exact) mass is 340 g/mol. The van der Waals surface area contributed by atoms with Gasteiger partial charge in [-0.15, -0.1) is 0 Å². The summed E-state index contributed by atoms with van der Waals surface area (Å²) < 4.78 is 1.63. The van der Waals surface area contributed by atoms with Crippen LogP contribution in [0.15, 0.2) is 24.7 Å². The Hall–Kier alpha value is -2.94. The topological polar surface area (TPSA) is 126 Å². The first-order chi connectivity index (χ1) is 12.2. The Kier molecular flexibility index (Phi) is 3.85. The van der Waals surface area contributed by atoms with Crippen molar-refractivity contribution in [3.8, 4) is 11.1 Å². The SMILES string of the molecule is CNC(=O)[C@@H]1CC[C@H](c2cc(N)n3ncc(-c4cn[nH]c4)c3n2)CN1. The lowest BCUT2D eigenvalue weighted by molar-refractivity contribution is -0.123. The Morgan fingerprint density at radius 3 is 2.96 bits per heavy atom. The van der Waals surface area contributed by atoms with Gasteiger partial charge in [-0.1, -0.05) is 0 Å². The summed E-state index contributed by atoms with van der Waals surface area (Å²) in [5, 5.41) is 17.1. The lowest BCUT2D eigenvalue weighted by Gasteiger charge is -2.28. The number of anilines is 1. The predicted molar refractivity (Wildman–Crippen MR) is 92.8 cm³/mol. The molecule has 9 nitrogen and oxygen atoms in total. The van der Waals surface area contributed by atoms with E-state index >= 15 is 0 Å². The zero-order valence-corrected chi connectivity index (χ0v) is 13.9. The number of nitrogen functional groups attached to an aromatic ring is 1. The first kappa shape index (κ1) is 15.6. The third-order valence-electron chi connectivity index (χ3n) is 4.72. The maximum atomic E-state index is 11.8. The van der Waals surface area contributed by atoms with Crippen LogP contribution < -0.4 is 16.4 Å². The van der Waals surface area contributed by atoms with Gasteiger partial charge in [0.2, 0.25) is 5.91 Å². The lowest BCUT2D eigenvalue weighted by atomic mass is 9.91. The average Bonchev–Trinajstić information content (AvgIpc) is 3.30. The second-order valence-electron chi connectivity index (χ2n) is 6.24. The summed E-state index contributed by atoms with van der Waals surface area (Å²) in [5.41, 5.74) is 9.61. The van der Waals surface area contributed by atoms with E-state index in [9.17, 15) is 4.79 Å². The highest BCUT2D eigenvalue weighted by molar-refractivity contribution is 5.81. The van der Waals surface area contributed by atoms with Crippen LogP contribution in [-0.2, 0) is 4.79 Å². The molecule has 4 heterocycles. The van der Waals surface area contributed by atoms with Gasteiger partial charge in [0.05, 0.1) is 24.1 Å². The smallest absolute Gasteiger partial charge is 0.236 e. The summed E-state index contributed by atoms with van der Waals surface area (Å²) in [4.78, 5) is 16.6. The molecule has 0 radical (unpaired) electrons. The van der Waals surface area contributed by atoms with Crippen LogP contribution in [0.4, 0.5) is 5.82 Å². The zero-order chi connectivity index (χ0) is 17.4. The van der Waals surface area contributed by atoms with Crippen molar-refractivity contribution in [1.82, 2.24) is 35.4 Å². The minimum absolute atomic E-state index is 0.0272. The predicted octanol–water partition coefficient (Wildman–Crippen LogP) is 0.283. The molecular formula is C16H20N8O. The van der Waals surface area contributed by atoms with Crippen LogP contribution in [0.25, 0.3) is 16.8 Å². The molecule has 0 aliphatic carbocycles.